The Morgan fingerprint density at radius 1 is 1.10 bits per heavy atom. The van der Waals surface area contributed by atoms with Crippen LogP contribution < -0.4 is 4.74 Å². The first-order valence-corrected chi connectivity index (χ1v) is 9.93. The maximum atomic E-state index is 13.3. The number of benzene rings is 1. The van der Waals surface area contributed by atoms with E-state index in [2.05, 4.69) is 10.3 Å². The molecular formula is C22H25N3O4. The number of aromatic nitrogens is 2. The minimum Gasteiger partial charge on any atom is -0.497 e. The summed E-state index contributed by atoms with van der Waals surface area (Å²) in [7, 11) is 1.64. The topological polar surface area (TPSA) is 81.6 Å². The van der Waals surface area contributed by atoms with Gasteiger partial charge < -0.3 is 18.7 Å². The average molecular weight is 395 g/mol. The Labute approximate surface area is 169 Å². The molecule has 0 aliphatic carbocycles. The van der Waals surface area contributed by atoms with Gasteiger partial charge in [0.1, 0.15) is 22.8 Å². The first-order valence-electron chi connectivity index (χ1n) is 9.93. The summed E-state index contributed by atoms with van der Waals surface area (Å²) in [5.41, 5.74) is 2.87. The van der Waals surface area contributed by atoms with E-state index in [1.54, 1.807) is 21.0 Å². The Hall–Kier alpha value is -3.09. The van der Waals surface area contributed by atoms with Crippen molar-refractivity contribution in [2.45, 2.75) is 45.6 Å². The van der Waals surface area contributed by atoms with E-state index < -0.39 is 0 Å². The highest BCUT2D eigenvalue weighted by molar-refractivity contribution is 5.96. The van der Waals surface area contributed by atoms with Crippen LogP contribution in [0.5, 0.6) is 5.75 Å². The zero-order valence-electron chi connectivity index (χ0n) is 17.0. The summed E-state index contributed by atoms with van der Waals surface area (Å²) in [4.78, 5) is 15.2. The fourth-order valence-corrected chi connectivity index (χ4v) is 3.93. The van der Waals surface area contributed by atoms with Gasteiger partial charge in [0, 0.05) is 18.2 Å². The molecule has 0 radical (unpaired) electrons. The first-order chi connectivity index (χ1) is 14.1. The molecule has 1 aliphatic heterocycles. The number of rotatable bonds is 4. The molecule has 7 heteroatoms. The second-order valence-corrected chi connectivity index (χ2v) is 7.41. The van der Waals surface area contributed by atoms with Crippen molar-refractivity contribution < 1.29 is 18.6 Å². The van der Waals surface area contributed by atoms with Gasteiger partial charge in [-0.2, -0.15) is 0 Å². The highest BCUT2D eigenvalue weighted by Gasteiger charge is 2.32. The molecule has 0 saturated carbocycles. The van der Waals surface area contributed by atoms with Crippen LogP contribution in [-0.2, 0) is 0 Å². The number of carbonyl (C=O) groups is 1. The third kappa shape index (κ3) is 3.77. The van der Waals surface area contributed by atoms with Crippen molar-refractivity contribution in [3.05, 3.63) is 53.0 Å². The lowest BCUT2D eigenvalue weighted by Gasteiger charge is -2.28. The number of amides is 1. The van der Waals surface area contributed by atoms with E-state index in [0.717, 1.165) is 42.7 Å². The second kappa shape index (κ2) is 8.11. The van der Waals surface area contributed by atoms with Crippen LogP contribution >= 0.6 is 0 Å². The molecule has 7 nitrogen and oxygen atoms in total. The predicted molar refractivity (Wildman–Crippen MR) is 107 cm³/mol. The largest absolute Gasteiger partial charge is 0.497 e. The molecule has 29 heavy (non-hydrogen) atoms. The SMILES string of the molecule is COc1ccc(-c2cc([C@H]3CCCCCN3C(=O)c3c(C)noc3C)no2)cc1. The van der Waals surface area contributed by atoms with Crippen LogP contribution in [0.1, 0.15) is 59.2 Å². The number of nitrogens with zero attached hydrogens (tertiary/aromatic N) is 3. The van der Waals surface area contributed by atoms with Crippen molar-refractivity contribution in [1.82, 2.24) is 15.2 Å². The predicted octanol–water partition coefficient (Wildman–Crippen LogP) is 4.71. The Kier molecular flexibility index (Phi) is 5.38. The highest BCUT2D eigenvalue weighted by atomic mass is 16.5. The Balaban J connectivity index is 1.64. The maximum absolute atomic E-state index is 13.3. The lowest BCUT2D eigenvalue weighted by atomic mass is 10.0. The maximum Gasteiger partial charge on any atom is 0.259 e. The van der Waals surface area contributed by atoms with Crippen LogP contribution in [0.3, 0.4) is 0 Å². The van der Waals surface area contributed by atoms with Crippen LogP contribution in [-0.4, -0.2) is 34.8 Å². The molecular weight excluding hydrogens is 370 g/mol. The summed E-state index contributed by atoms with van der Waals surface area (Å²) in [6.07, 6.45) is 3.95. The minimum absolute atomic E-state index is 0.0536. The Bertz CT molecular complexity index is 970. The summed E-state index contributed by atoms with van der Waals surface area (Å²) < 4.78 is 16.1. The van der Waals surface area contributed by atoms with Gasteiger partial charge in [-0.3, -0.25) is 4.79 Å². The molecule has 1 atom stereocenters. The number of methoxy groups -OCH3 is 1. The summed E-state index contributed by atoms with van der Waals surface area (Å²) in [6, 6.07) is 9.44. The van der Waals surface area contributed by atoms with E-state index in [0.29, 0.717) is 29.3 Å². The van der Waals surface area contributed by atoms with E-state index in [4.69, 9.17) is 13.8 Å². The molecule has 1 amide bonds. The first kappa shape index (κ1) is 19.2. The monoisotopic (exact) mass is 395 g/mol. The number of carbonyl (C=O) groups excluding carboxylic acids is 1. The fraction of sp³-hybridized carbons (Fsp3) is 0.409. The van der Waals surface area contributed by atoms with E-state index >= 15 is 0 Å². The molecule has 0 unspecified atom stereocenters. The molecule has 1 fully saturated rings. The molecule has 3 heterocycles. The molecule has 1 saturated heterocycles. The number of likely N-dealkylation sites (tertiary alicyclic amines) is 1. The zero-order valence-corrected chi connectivity index (χ0v) is 17.0. The molecule has 4 rings (SSSR count). The molecule has 0 N–H and O–H groups in total. The van der Waals surface area contributed by atoms with E-state index in [9.17, 15) is 4.79 Å². The van der Waals surface area contributed by atoms with Gasteiger partial charge >= 0.3 is 0 Å². The third-order valence-electron chi connectivity index (χ3n) is 5.51. The van der Waals surface area contributed by atoms with Gasteiger partial charge in [-0.15, -0.1) is 0 Å². The van der Waals surface area contributed by atoms with Gasteiger partial charge in [0.2, 0.25) is 0 Å². The molecule has 1 aromatic carbocycles. The summed E-state index contributed by atoms with van der Waals surface area (Å²) in [6.45, 7) is 4.25. The number of hydrogen-bond donors (Lipinski definition) is 0. The molecule has 152 valence electrons. The Morgan fingerprint density at radius 3 is 2.59 bits per heavy atom. The van der Waals surface area contributed by atoms with Gasteiger partial charge in [0.15, 0.2) is 5.76 Å². The van der Waals surface area contributed by atoms with Crippen molar-refractivity contribution in [2.75, 3.05) is 13.7 Å². The zero-order chi connectivity index (χ0) is 20.4. The lowest BCUT2D eigenvalue weighted by Crippen LogP contribution is -2.35. The average Bonchev–Trinajstić information content (AvgIpc) is 3.26. The molecule has 1 aliphatic rings. The van der Waals surface area contributed by atoms with E-state index in [-0.39, 0.29) is 11.9 Å². The molecule has 0 bridgehead atoms. The standard InChI is InChI=1S/C22H25N3O4/c1-14-21(15(2)28-23-14)22(26)25-12-6-4-5-7-19(25)18-13-20(29-24-18)16-8-10-17(27-3)11-9-16/h8-11,13,19H,4-7,12H2,1-3H3/t19-/m1/s1. The van der Waals surface area contributed by atoms with Crippen LogP contribution in [0.25, 0.3) is 11.3 Å². The number of hydrogen-bond acceptors (Lipinski definition) is 6. The van der Waals surface area contributed by atoms with Gasteiger partial charge in [-0.1, -0.05) is 23.2 Å². The lowest BCUT2D eigenvalue weighted by molar-refractivity contribution is 0.0671. The summed E-state index contributed by atoms with van der Waals surface area (Å²) >= 11 is 0. The smallest absolute Gasteiger partial charge is 0.259 e. The van der Waals surface area contributed by atoms with Gasteiger partial charge in [-0.05, 0) is 51.0 Å². The van der Waals surface area contributed by atoms with Crippen molar-refractivity contribution in [1.29, 1.82) is 0 Å². The van der Waals surface area contributed by atoms with Crippen molar-refractivity contribution in [3.8, 4) is 17.1 Å². The van der Waals surface area contributed by atoms with Crippen LogP contribution in [0, 0.1) is 13.8 Å². The normalized spacial score (nSPS) is 17.2. The highest BCUT2D eigenvalue weighted by Crippen LogP contribution is 2.34. The van der Waals surface area contributed by atoms with Crippen molar-refractivity contribution in [3.63, 3.8) is 0 Å². The summed E-state index contributed by atoms with van der Waals surface area (Å²) in [5, 5.41) is 8.26. The van der Waals surface area contributed by atoms with Gasteiger partial charge in [0.05, 0.1) is 18.8 Å². The van der Waals surface area contributed by atoms with Gasteiger partial charge in [-0.25, -0.2) is 0 Å². The van der Waals surface area contributed by atoms with E-state index in [1.165, 1.54) is 0 Å². The van der Waals surface area contributed by atoms with Crippen LogP contribution in [0.2, 0.25) is 0 Å². The summed E-state index contributed by atoms with van der Waals surface area (Å²) in [5.74, 6) is 1.96. The van der Waals surface area contributed by atoms with Crippen LogP contribution in [0.4, 0.5) is 0 Å². The van der Waals surface area contributed by atoms with Crippen molar-refractivity contribution in [2.24, 2.45) is 0 Å². The van der Waals surface area contributed by atoms with Crippen LogP contribution in [0.15, 0.2) is 39.4 Å². The van der Waals surface area contributed by atoms with Crippen molar-refractivity contribution >= 4 is 5.91 Å². The number of ether oxygens (including phenoxy) is 1. The quantitative estimate of drug-likeness (QED) is 0.636. The fourth-order valence-electron chi connectivity index (χ4n) is 3.93. The minimum atomic E-state index is -0.130. The molecule has 3 aromatic rings. The third-order valence-corrected chi connectivity index (χ3v) is 5.51. The number of aryl methyl sites for hydroxylation is 2. The molecule has 0 spiro atoms. The molecule has 2 aromatic heterocycles. The Morgan fingerprint density at radius 2 is 1.90 bits per heavy atom. The van der Waals surface area contributed by atoms with Gasteiger partial charge in [0.25, 0.3) is 5.91 Å². The second-order valence-electron chi connectivity index (χ2n) is 7.41. The van der Waals surface area contributed by atoms with E-state index in [1.807, 2.05) is 35.2 Å².